The predicted molar refractivity (Wildman–Crippen MR) is 74.6 cm³/mol. The Bertz CT molecular complexity index is 136. The van der Waals surface area contributed by atoms with Crippen molar-refractivity contribution in [3.63, 3.8) is 0 Å². The largest absolute Gasteiger partial charge is 0.121 e. The smallest absolute Gasteiger partial charge is 0.0150 e. The average Bonchev–Trinajstić information content (AvgIpc) is 2.18. The van der Waals surface area contributed by atoms with Crippen LogP contribution in [0.4, 0.5) is 0 Å². The van der Waals surface area contributed by atoms with E-state index < -0.39 is 0 Å². The van der Waals surface area contributed by atoms with Gasteiger partial charge in [0, 0.05) is 0 Å². The molecule has 0 rings (SSSR count). The van der Waals surface area contributed by atoms with Gasteiger partial charge in [-0.25, -0.2) is 0 Å². The second kappa shape index (κ2) is 8.06. The Balaban J connectivity index is 4.23. The number of hydrogen-bond acceptors (Lipinski definition) is 0. The number of rotatable bonds is 7. The highest BCUT2D eigenvalue weighted by atomic mass is 31.2. The monoisotopic (exact) mass is 234 g/mol. The molecular weight excluding hydrogens is 206 g/mol. The highest BCUT2D eigenvalue weighted by Gasteiger charge is 2.24. The zero-order valence-corrected chi connectivity index (χ0v) is 12.7. The third-order valence-electron chi connectivity index (χ3n) is 3.54. The van der Waals surface area contributed by atoms with E-state index in [2.05, 4.69) is 41.0 Å². The highest BCUT2D eigenvalue weighted by Crippen LogP contribution is 2.48. The van der Waals surface area contributed by atoms with Crippen molar-refractivity contribution < 1.29 is 0 Å². The molecule has 0 N–H and O–H groups in total. The summed E-state index contributed by atoms with van der Waals surface area (Å²) in [6.07, 6.45) is 2.73. The standard InChI is InChI=1S/C12H28P2/c1-7-10(3)11(4)12(8-2)14(6)9-13-5/h10-13H,7-9H2,1-6H3. The van der Waals surface area contributed by atoms with Crippen molar-refractivity contribution in [2.24, 2.45) is 11.8 Å². The van der Waals surface area contributed by atoms with Gasteiger partial charge in [0.25, 0.3) is 0 Å². The maximum absolute atomic E-state index is 2.51. The van der Waals surface area contributed by atoms with Crippen molar-refractivity contribution in [1.29, 1.82) is 0 Å². The molecule has 86 valence electrons. The maximum Gasteiger partial charge on any atom is -0.0150 e. The van der Waals surface area contributed by atoms with Gasteiger partial charge >= 0.3 is 0 Å². The molecule has 0 bridgehead atoms. The van der Waals surface area contributed by atoms with Gasteiger partial charge in [-0.1, -0.05) is 34.1 Å². The lowest BCUT2D eigenvalue weighted by Gasteiger charge is -2.32. The molecule has 0 aliphatic rings. The van der Waals surface area contributed by atoms with E-state index in [1.807, 2.05) is 0 Å². The summed E-state index contributed by atoms with van der Waals surface area (Å²) in [5, 5.41) is 0. The second-order valence-corrected chi connectivity index (χ2v) is 8.64. The predicted octanol–water partition coefficient (Wildman–Crippen LogP) is 4.82. The van der Waals surface area contributed by atoms with Gasteiger partial charge in [0.1, 0.15) is 0 Å². The molecule has 0 aliphatic carbocycles. The molecular formula is C12H28P2. The summed E-state index contributed by atoms with van der Waals surface area (Å²) in [5.41, 5.74) is 1.01. The Labute approximate surface area is 94.2 Å². The summed E-state index contributed by atoms with van der Waals surface area (Å²) in [6, 6.07) is 0. The summed E-state index contributed by atoms with van der Waals surface area (Å²) >= 11 is 0. The highest BCUT2D eigenvalue weighted by molar-refractivity contribution is 7.67. The van der Waals surface area contributed by atoms with E-state index in [1.165, 1.54) is 18.7 Å². The van der Waals surface area contributed by atoms with E-state index >= 15 is 0 Å². The number of hydrogen-bond donors (Lipinski definition) is 0. The van der Waals surface area contributed by atoms with E-state index in [-0.39, 0.29) is 0 Å². The molecule has 0 amide bonds. The van der Waals surface area contributed by atoms with E-state index in [9.17, 15) is 0 Å². The fraction of sp³-hybridized carbons (Fsp3) is 1.00. The van der Waals surface area contributed by atoms with Gasteiger partial charge in [-0.3, -0.25) is 0 Å². The van der Waals surface area contributed by atoms with Crippen molar-refractivity contribution in [1.82, 2.24) is 0 Å². The van der Waals surface area contributed by atoms with Gasteiger partial charge in [-0.2, -0.15) is 0 Å². The van der Waals surface area contributed by atoms with E-state index in [0.29, 0.717) is 7.92 Å². The van der Waals surface area contributed by atoms with Gasteiger partial charge in [-0.05, 0) is 43.1 Å². The van der Waals surface area contributed by atoms with Crippen molar-refractivity contribution in [2.45, 2.75) is 46.2 Å². The van der Waals surface area contributed by atoms with Crippen molar-refractivity contribution in [3.05, 3.63) is 0 Å². The Morgan fingerprint density at radius 3 is 2.07 bits per heavy atom. The zero-order valence-electron chi connectivity index (χ0n) is 10.8. The van der Waals surface area contributed by atoms with Crippen LogP contribution in [0.5, 0.6) is 0 Å². The van der Waals surface area contributed by atoms with Crippen LogP contribution in [0.2, 0.25) is 0 Å². The fourth-order valence-electron chi connectivity index (χ4n) is 2.20. The third-order valence-corrected chi connectivity index (χ3v) is 8.77. The maximum atomic E-state index is 2.51. The van der Waals surface area contributed by atoms with Crippen molar-refractivity contribution >= 4 is 16.5 Å². The Morgan fingerprint density at radius 1 is 1.14 bits per heavy atom. The molecule has 0 nitrogen and oxygen atoms in total. The van der Waals surface area contributed by atoms with Crippen LogP contribution in [0.3, 0.4) is 0 Å². The molecule has 0 aromatic rings. The van der Waals surface area contributed by atoms with Crippen LogP contribution in [0, 0.1) is 11.8 Å². The van der Waals surface area contributed by atoms with Crippen LogP contribution in [0.25, 0.3) is 0 Å². The van der Waals surface area contributed by atoms with Crippen LogP contribution in [-0.4, -0.2) is 24.9 Å². The molecule has 0 saturated carbocycles. The van der Waals surface area contributed by atoms with Crippen LogP contribution in [0.1, 0.15) is 40.5 Å². The molecule has 0 aliphatic heterocycles. The Kier molecular flexibility index (Phi) is 8.56. The first-order valence-electron chi connectivity index (χ1n) is 5.93. The third kappa shape index (κ3) is 4.59. The first-order valence-corrected chi connectivity index (χ1v) is 9.68. The minimum Gasteiger partial charge on any atom is -0.121 e. The summed E-state index contributed by atoms with van der Waals surface area (Å²) in [6.45, 7) is 14.5. The van der Waals surface area contributed by atoms with Gasteiger partial charge in [-0.15, -0.1) is 16.5 Å². The molecule has 0 aromatic carbocycles. The average molecular weight is 234 g/mol. The van der Waals surface area contributed by atoms with Crippen molar-refractivity contribution in [2.75, 3.05) is 19.2 Å². The lowest BCUT2D eigenvalue weighted by atomic mass is 9.89. The second-order valence-electron chi connectivity index (χ2n) is 4.49. The van der Waals surface area contributed by atoms with E-state index in [4.69, 9.17) is 0 Å². The first kappa shape index (κ1) is 14.9. The van der Waals surface area contributed by atoms with Crippen LogP contribution >= 0.6 is 16.5 Å². The van der Waals surface area contributed by atoms with Gasteiger partial charge in [0.05, 0.1) is 0 Å². The molecule has 5 atom stereocenters. The van der Waals surface area contributed by atoms with Crippen LogP contribution < -0.4 is 0 Å². The fourth-order valence-corrected chi connectivity index (χ4v) is 6.86. The molecule has 0 fully saturated rings. The molecule has 5 unspecified atom stereocenters. The summed E-state index contributed by atoms with van der Waals surface area (Å²) in [4.78, 5) is 0. The van der Waals surface area contributed by atoms with Gasteiger partial charge in [0.15, 0.2) is 0 Å². The molecule has 0 heterocycles. The van der Waals surface area contributed by atoms with Crippen LogP contribution in [-0.2, 0) is 0 Å². The molecule has 0 aromatic heterocycles. The summed E-state index contributed by atoms with van der Waals surface area (Å²) in [7, 11) is 1.44. The molecule has 0 radical (unpaired) electrons. The minimum atomic E-state index is 0.291. The normalized spacial score (nSPS) is 21.0. The van der Waals surface area contributed by atoms with Crippen molar-refractivity contribution in [3.8, 4) is 0 Å². The van der Waals surface area contributed by atoms with E-state index in [0.717, 1.165) is 26.1 Å². The quantitative estimate of drug-likeness (QED) is 0.554. The molecule has 14 heavy (non-hydrogen) atoms. The Hall–Kier alpha value is 0.860. The van der Waals surface area contributed by atoms with E-state index in [1.54, 1.807) is 0 Å². The summed E-state index contributed by atoms with van der Waals surface area (Å²) in [5.74, 6) is 3.33. The minimum absolute atomic E-state index is 0.291. The first-order chi connectivity index (χ1) is 6.58. The summed E-state index contributed by atoms with van der Waals surface area (Å²) < 4.78 is 0. The van der Waals surface area contributed by atoms with Crippen LogP contribution in [0.15, 0.2) is 0 Å². The SMILES string of the molecule is CCC(C)C(C)C(CC)P(C)CPC. The van der Waals surface area contributed by atoms with Gasteiger partial charge in [0.2, 0.25) is 0 Å². The molecule has 0 spiro atoms. The Morgan fingerprint density at radius 2 is 1.71 bits per heavy atom. The topological polar surface area (TPSA) is 0 Å². The molecule has 2 heteroatoms. The lowest BCUT2D eigenvalue weighted by Crippen LogP contribution is -2.22. The van der Waals surface area contributed by atoms with Gasteiger partial charge < -0.3 is 0 Å². The molecule has 0 saturated heterocycles. The lowest BCUT2D eigenvalue weighted by molar-refractivity contribution is 0.358. The zero-order chi connectivity index (χ0) is 11.1.